The summed E-state index contributed by atoms with van der Waals surface area (Å²) < 4.78 is 44.3. The van der Waals surface area contributed by atoms with Gasteiger partial charge in [-0.1, -0.05) is 12.1 Å². The predicted molar refractivity (Wildman–Crippen MR) is 96.6 cm³/mol. The van der Waals surface area contributed by atoms with E-state index in [1.807, 2.05) is 6.07 Å². The molecule has 8 heteroatoms. The van der Waals surface area contributed by atoms with E-state index in [0.29, 0.717) is 47.6 Å². The third-order valence-corrected chi connectivity index (χ3v) is 4.59. The molecule has 1 aliphatic heterocycles. The van der Waals surface area contributed by atoms with Crippen LogP contribution in [0.2, 0.25) is 0 Å². The minimum absolute atomic E-state index is 0.00779. The van der Waals surface area contributed by atoms with Gasteiger partial charge in [-0.25, -0.2) is 4.98 Å². The minimum Gasteiger partial charge on any atom is -0.477 e. The first-order valence-electron chi connectivity index (χ1n) is 8.73. The maximum atomic E-state index is 12.8. The molecule has 1 aliphatic rings. The van der Waals surface area contributed by atoms with E-state index in [0.717, 1.165) is 12.1 Å². The van der Waals surface area contributed by atoms with Crippen LogP contribution >= 0.6 is 0 Å². The number of hydrogen-bond donors (Lipinski definition) is 1. The van der Waals surface area contributed by atoms with Crippen LogP contribution in [0.3, 0.4) is 0 Å². The van der Waals surface area contributed by atoms with Crippen LogP contribution in [0, 0.1) is 5.92 Å². The first-order chi connectivity index (χ1) is 13.4. The fourth-order valence-electron chi connectivity index (χ4n) is 3.11. The fraction of sp³-hybridized carbons (Fsp3) is 0.250. The van der Waals surface area contributed by atoms with Gasteiger partial charge in [-0.3, -0.25) is 9.78 Å². The zero-order valence-corrected chi connectivity index (χ0v) is 14.7. The number of ether oxygens (including phenoxy) is 1. The van der Waals surface area contributed by atoms with Gasteiger partial charge in [0.05, 0.1) is 28.8 Å². The van der Waals surface area contributed by atoms with E-state index in [-0.39, 0.29) is 11.8 Å². The predicted octanol–water partition coefficient (Wildman–Crippen LogP) is 3.83. The molecule has 2 aromatic heterocycles. The average molecular weight is 387 g/mol. The molecule has 1 N–H and O–H groups in total. The van der Waals surface area contributed by atoms with Crippen LogP contribution < -0.4 is 10.1 Å². The van der Waals surface area contributed by atoms with Gasteiger partial charge < -0.3 is 10.1 Å². The summed E-state index contributed by atoms with van der Waals surface area (Å²) in [6.45, 7) is 0.861. The van der Waals surface area contributed by atoms with E-state index < -0.39 is 11.7 Å². The molecule has 3 aromatic rings. The number of carbonyl (C=O) groups is 1. The summed E-state index contributed by atoms with van der Waals surface area (Å²) >= 11 is 0. The lowest BCUT2D eigenvalue weighted by Gasteiger charge is -2.13. The van der Waals surface area contributed by atoms with Crippen LogP contribution in [-0.4, -0.2) is 29.0 Å². The summed E-state index contributed by atoms with van der Waals surface area (Å²) in [6, 6.07) is 10.1. The molecule has 1 saturated heterocycles. The summed E-state index contributed by atoms with van der Waals surface area (Å²) in [5.41, 5.74) is 0.909. The summed E-state index contributed by atoms with van der Waals surface area (Å²) in [5.74, 6) is 0.391. The normalized spacial score (nSPS) is 17.0. The highest BCUT2D eigenvalue weighted by Gasteiger charge is 2.30. The number of nitrogens with one attached hydrogen (secondary N) is 1. The first kappa shape index (κ1) is 18.2. The highest BCUT2D eigenvalue weighted by molar-refractivity contribution is 5.86. The van der Waals surface area contributed by atoms with Gasteiger partial charge in [-0.15, -0.1) is 0 Å². The molecular formula is C20H16F3N3O2. The van der Waals surface area contributed by atoms with Crippen LogP contribution in [0.25, 0.3) is 22.2 Å². The Balaban J connectivity index is 1.66. The number of benzene rings is 1. The number of hydrogen-bond acceptors (Lipinski definition) is 4. The van der Waals surface area contributed by atoms with E-state index in [2.05, 4.69) is 15.3 Å². The number of nitrogens with zero attached hydrogens (tertiary/aromatic N) is 2. The van der Waals surface area contributed by atoms with Gasteiger partial charge in [0, 0.05) is 30.6 Å². The molecule has 4 rings (SSSR count). The van der Waals surface area contributed by atoms with Gasteiger partial charge in [0.1, 0.15) is 0 Å². The van der Waals surface area contributed by atoms with Crippen molar-refractivity contribution in [3.05, 3.63) is 54.2 Å². The van der Waals surface area contributed by atoms with Gasteiger partial charge in [0.25, 0.3) is 0 Å². The molecule has 3 heterocycles. The van der Waals surface area contributed by atoms with Crippen molar-refractivity contribution in [1.29, 1.82) is 0 Å². The second-order valence-electron chi connectivity index (χ2n) is 6.64. The lowest BCUT2D eigenvalue weighted by Crippen LogP contribution is -2.17. The largest absolute Gasteiger partial charge is 0.477 e. The Morgan fingerprint density at radius 2 is 1.96 bits per heavy atom. The maximum absolute atomic E-state index is 12.8. The van der Waals surface area contributed by atoms with Crippen LogP contribution in [0.5, 0.6) is 5.88 Å². The summed E-state index contributed by atoms with van der Waals surface area (Å²) in [6.07, 6.45) is -2.37. The minimum atomic E-state index is -4.39. The van der Waals surface area contributed by atoms with Crippen LogP contribution in [-0.2, 0) is 11.0 Å². The molecule has 0 spiro atoms. The Bertz CT molecular complexity index is 1020. The molecule has 28 heavy (non-hydrogen) atoms. The number of alkyl halides is 3. The molecule has 0 aliphatic carbocycles. The summed E-state index contributed by atoms with van der Waals surface area (Å²) in [5, 5.41) is 3.46. The van der Waals surface area contributed by atoms with Crippen molar-refractivity contribution in [3.8, 4) is 17.1 Å². The average Bonchev–Trinajstić information content (AvgIpc) is 3.10. The monoisotopic (exact) mass is 387 g/mol. The van der Waals surface area contributed by atoms with E-state index in [4.69, 9.17) is 4.74 Å². The molecule has 0 bridgehead atoms. The van der Waals surface area contributed by atoms with Gasteiger partial charge in [-0.2, -0.15) is 13.2 Å². The number of rotatable bonds is 4. The zero-order chi connectivity index (χ0) is 19.7. The van der Waals surface area contributed by atoms with E-state index in [1.54, 1.807) is 18.3 Å². The Hall–Kier alpha value is -3.16. The lowest BCUT2D eigenvalue weighted by molar-refractivity contribution is -0.137. The summed E-state index contributed by atoms with van der Waals surface area (Å²) in [4.78, 5) is 20.1. The van der Waals surface area contributed by atoms with Crippen molar-refractivity contribution in [3.63, 3.8) is 0 Å². The third kappa shape index (κ3) is 3.76. The third-order valence-electron chi connectivity index (χ3n) is 4.59. The molecule has 0 radical (unpaired) electrons. The van der Waals surface area contributed by atoms with E-state index in [9.17, 15) is 18.0 Å². The molecule has 0 saturated carbocycles. The lowest BCUT2D eigenvalue weighted by atomic mass is 10.1. The van der Waals surface area contributed by atoms with Crippen LogP contribution in [0.1, 0.15) is 12.0 Å². The van der Waals surface area contributed by atoms with Gasteiger partial charge in [0.2, 0.25) is 11.8 Å². The van der Waals surface area contributed by atoms with Gasteiger partial charge in [0.15, 0.2) is 0 Å². The van der Waals surface area contributed by atoms with Crippen LogP contribution in [0.15, 0.2) is 48.7 Å². The highest BCUT2D eigenvalue weighted by Crippen LogP contribution is 2.32. The smallest absolute Gasteiger partial charge is 0.416 e. The second kappa shape index (κ2) is 7.10. The van der Waals surface area contributed by atoms with Crippen molar-refractivity contribution in [2.45, 2.75) is 12.6 Å². The fourth-order valence-corrected chi connectivity index (χ4v) is 3.11. The molecule has 5 nitrogen and oxygen atoms in total. The molecule has 0 unspecified atom stereocenters. The quantitative estimate of drug-likeness (QED) is 0.739. The molecule has 1 fully saturated rings. The van der Waals surface area contributed by atoms with Crippen molar-refractivity contribution in [2.75, 3.05) is 13.2 Å². The van der Waals surface area contributed by atoms with Crippen molar-refractivity contribution >= 4 is 16.8 Å². The number of halogens is 3. The first-order valence-corrected chi connectivity index (χ1v) is 8.73. The van der Waals surface area contributed by atoms with Crippen molar-refractivity contribution in [1.82, 2.24) is 15.3 Å². The Morgan fingerprint density at radius 3 is 2.64 bits per heavy atom. The molecule has 1 atom stereocenters. The second-order valence-corrected chi connectivity index (χ2v) is 6.64. The molecular weight excluding hydrogens is 371 g/mol. The van der Waals surface area contributed by atoms with Gasteiger partial charge in [-0.05, 0) is 30.3 Å². The molecule has 144 valence electrons. The van der Waals surface area contributed by atoms with Gasteiger partial charge >= 0.3 is 6.18 Å². The summed E-state index contributed by atoms with van der Waals surface area (Å²) in [7, 11) is 0. The molecule has 1 amide bonds. The molecule has 1 aromatic carbocycles. The Morgan fingerprint density at radius 1 is 1.18 bits per heavy atom. The van der Waals surface area contributed by atoms with E-state index in [1.165, 1.54) is 12.1 Å². The topological polar surface area (TPSA) is 64.1 Å². The van der Waals surface area contributed by atoms with Crippen molar-refractivity contribution < 1.29 is 22.7 Å². The number of carbonyl (C=O) groups excluding carboxylic acids is 1. The van der Waals surface area contributed by atoms with Crippen LogP contribution in [0.4, 0.5) is 13.2 Å². The number of amides is 1. The maximum Gasteiger partial charge on any atom is 0.416 e. The van der Waals surface area contributed by atoms with E-state index >= 15 is 0 Å². The number of pyridine rings is 2. The number of aromatic nitrogens is 2. The number of fused-ring (bicyclic) bond motifs is 1. The SMILES string of the molecule is O=C1C[C@@H](COc2nc(-c3ccc(C(F)(F)F)cc3)cc3ncccc23)CN1. The zero-order valence-electron chi connectivity index (χ0n) is 14.7. The Kier molecular flexibility index (Phi) is 4.62. The highest BCUT2D eigenvalue weighted by atomic mass is 19.4. The standard InChI is InChI=1S/C20H16F3N3O2/c21-20(22,23)14-5-3-13(4-6-14)16-9-17-15(2-1-7-24-17)19(26-16)28-11-12-8-18(27)25-10-12/h1-7,9,12H,8,10-11H2,(H,25,27)/t12-/m1/s1. The Labute approximate surface area is 158 Å². The van der Waals surface area contributed by atoms with Crippen molar-refractivity contribution in [2.24, 2.45) is 5.92 Å².